The highest BCUT2D eigenvalue weighted by Gasteiger charge is 2.51. The van der Waals surface area contributed by atoms with Gasteiger partial charge in [0.15, 0.2) is 0 Å². The van der Waals surface area contributed by atoms with Gasteiger partial charge in [-0.3, -0.25) is 9.69 Å². The third kappa shape index (κ3) is 2.53. The minimum Gasteiger partial charge on any atom is -0.323 e. The molecule has 1 atom stereocenters. The Balaban J connectivity index is 1.74. The lowest BCUT2D eigenvalue weighted by atomic mass is 9.88. The SMILES string of the molecule is CC(CN1C(=O)NC2(CCNCC2)C1=O)c1ccccc1. The van der Waals surface area contributed by atoms with Crippen molar-refractivity contribution < 1.29 is 9.59 Å². The van der Waals surface area contributed by atoms with Crippen LogP contribution < -0.4 is 10.6 Å². The molecule has 2 fully saturated rings. The maximum Gasteiger partial charge on any atom is 0.325 e. The molecule has 112 valence electrons. The number of urea groups is 1. The van der Waals surface area contributed by atoms with Crippen LogP contribution in [0, 0.1) is 0 Å². The van der Waals surface area contributed by atoms with Crippen molar-refractivity contribution in [2.75, 3.05) is 19.6 Å². The van der Waals surface area contributed by atoms with Crippen LogP contribution in [0.2, 0.25) is 0 Å². The molecule has 3 amide bonds. The molecule has 0 saturated carbocycles. The molecule has 1 aromatic carbocycles. The summed E-state index contributed by atoms with van der Waals surface area (Å²) >= 11 is 0. The van der Waals surface area contributed by atoms with Gasteiger partial charge in [-0.25, -0.2) is 4.79 Å². The van der Waals surface area contributed by atoms with Gasteiger partial charge in [0.1, 0.15) is 5.54 Å². The van der Waals surface area contributed by atoms with E-state index >= 15 is 0 Å². The van der Waals surface area contributed by atoms with Crippen molar-refractivity contribution >= 4 is 11.9 Å². The molecular formula is C16H21N3O2. The van der Waals surface area contributed by atoms with E-state index < -0.39 is 5.54 Å². The topological polar surface area (TPSA) is 61.4 Å². The highest BCUT2D eigenvalue weighted by atomic mass is 16.2. The van der Waals surface area contributed by atoms with Crippen molar-refractivity contribution in [3.8, 4) is 0 Å². The van der Waals surface area contributed by atoms with Gasteiger partial charge in [-0.1, -0.05) is 37.3 Å². The van der Waals surface area contributed by atoms with E-state index in [0.29, 0.717) is 19.4 Å². The molecule has 5 heteroatoms. The van der Waals surface area contributed by atoms with Crippen molar-refractivity contribution in [3.63, 3.8) is 0 Å². The summed E-state index contributed by atoms with van der Waals surface area (Å²) in [6.07, 6.45) is 1.35. The van der Waals surface area contributed by atoms with E-state index in [0.717, 1.165) is 18.7 Å². The second-order valence-corrected chi connectivity index (χ2v) is 5.99. The Morgan fingerprint density at radius 1 is 1.19 bits per heavy atom. The second-order valence-electron chi connectivity index (χ2n) is 5.99. The normalized spacial score (nSPS) is 22.4. The van der Waals surface area contributed by atoms with Gasteiger partial charge in [0.05, 0.1) is 0 Å². The first-order chi connectivity index (χ1) is 10.1. The number of hydrogen-bond acceptors (Lipinski definition) is 3. The fourth-order valence-electron chi connectivity index (χ4n) is 3.20. The first-order valence-electron chi connectivity index (χ1n) is 7.52. The van der Waals surface area contributed by atoms with Crippen LogP contribution in [0.4, 0.5) is 4.79 Å². The van der Waals surface area contributed by atoms with E-state index in [1.165, 1.54) is 4.90 Å². The smallest absolute Gasteiger partial charge is 0.323 e. The molecule has 1 unspecified atom stereocenters. The van der Waals surface area contributed by atoms with Crippen molar-refractivity contribution in [3.05, 3.63) is 35.9 Å². The van der Waals surface area contributed by atoms with Gasteiger partial charge in [0.2, 0.25) is 0 Å². The van der Waals surface area contributed by atoms with Gasteiger partial charge in [-0.15, -0.1) is 0 Å². The first kappa shape index (κ1) is 14.1. The highest BCUT2D eigenvalue weighted by Crippen LogP contribution is 2.28. The predicted molar refractivity (Wildman–Crippen MR) is 79.9 cm³/mol. The lowest BCUT2D eigenvalue weighted by molar-refractivity contribution is -0.132. The predicted octanol–water partition coefficient (Wildman–Crippen LogP) is 1.46. The van der Waals surface area contributed by atoms with Gasteiger partial charge in [-0.05, 0) is 37.4 Å². The maximum atomic E-state index is 12.7. The average Bonchev–Trinajstić information content (AvgIpc) is 2.73. The lowest BCUT2D eigenvalue weighted by Gasteiger charge is -2.31. The number of amides is 3. The molecule has 3 rings (SSSR count). The number of benzene rings is 1. The number of nitrogens with zero attached hydrogens (tertiary/aromatic N) is 1. The van der Waals surface area contributed by atoms with E-state index in [4.69, 9.17) is 0 Å². The largest absolute Gasteiger partial charge is 0.325 e. The molecule has 1 spiro atoms. The van der Waals surface area contributed by atoms with Gasteiger partial charge < -0.3 is 10.6 Å². The third-order valence-corrected chi connectivity index (χ3v) is 4.53. The van der Waals surface area contributed by atoms with E-state index in [1.54, 1.807) is 0 Å². The van der Waals surface area contributed by atoms with Gasteiger partial charge in [0.25, 0.3) is 5.91 Å². The van der Waals surface area contributed by atoms with Crippen LogP contribution in [-0.4, -0.2) is 42.0 Å². The van der Waals surface area contributed by atoms with E-state index in [2.05, 4.69) is 10.6 Å². The Hall–Kier alpha value is -1.88. The summed E-state index contributed by atoms with van der Waals surface area (Å²) in [5.74, 6) is 0.0783. The molecule has 5 nitrogen and oxygen atoms in total. The monoisotopic (exact) mass is 287 g/mol. The zero-order valence-electron chi connectivity index (χ0n) is 12.3. The van der Waals surface area contributed by atoms with Gasteiger partial charge in [0, 0.05) is 6.54 Å². The summed E-state index contributed by atoms with van der Waals surface area (Å²) in [7, 11) is 0. The summed E-state index contributed by atoms with van der Waals surface area (Å²) < 4.78 is 0. The summed E-state index contributed by atoms with van der Waals surface area (Å²) in [4.78, 5) is 26.3. The quantitative estimate of drug-likeness (QED) is 0.828. The van der Waals surface area contributed by atoms with E-state index in [1.807, 2.05) is 37.3 Å². The zero-order chi connectivity index (χ0) is 14.9. The number of nitrogens with one attached hydrogen (secondary N) is 2. The molecule has 2 heterocycles. The molecule has 0 bridgehead atoms. The number of piperidine rings is 1. The Kier molecular flexibility index (Phi) is 3.68. The van der Waals surface area contributed by atoms with Crippen LogP contribution in [0.5, 0.6) is 0 Å². The summed E-state index contributed by atoms with van der Waals surface area (Å²) in [6.45, 7) is 4.02. The standard InChI is InChI=1S/C16H21N3O2/c1-12(13-5-3-2-4-6-13)11-19-14(20)16(18-15(19)21)7-9-17-10-8-16/h2-6,12,17H,7-11H2,1H3,(H,18,21). The number of rotatable bonds is 3. The van der Waals surface area contributed by atoms with Crippen LogP contribution in [0.1, 0.15) is 31.2 Å². The molecule has 0 radical (unpaired) electrons. The zero-order valence-corrected chi connectivity index (χ0v) is 12.3. The second kappa shape index (κ2) is 5.48. The Labute approximate surface area is 124 Å². The van der Waals surface area contributed by atoms with Crippen molar-refractivity contribution in [1.29, 1.82) is 0 Å². The molecule has 0 aliphatic carbocycles. The van der Waals surface area contributed by atoms with Crippen molar-refractivity contribution in [2.24, 2.45) is 0 Å². The number of carbonyl (C=O) groups excluding carboxylic acids is 2. The molecule has 2 aliphatic rings. The fourth-order valence-corrected chi connectivity index (χ4v) is 3.20. The summed E-state index contributed by atoms with van der Waals surface area (Å²) in [6, 6.07) is 9.74. The number of carbonyl (C=O) groups is 2. The summed E-state index contributed by atoms with van der Waals surface area (Å²) in [5, 5.41) is 6.15. The molecule has 21 heavy (non-hydrogen) atoms. The third-order valence-electron chi connectivity index (χ3n) is 4.53. The molecular weight excluding hydrogens is 266 g/mol. The van der Waals surface area contributed by atoms with Crippen LogP contribution in [0.15, 0.2) is 30.3 Å². The molecule has 1 aromatic rings. The lowest BCUT2D eigenvalue weighted by Crippen LogP contribution is -2.54. The fraction of sp³-hybridized carbons (Fsp3) is 0.500. The van der Waals surface area contributed by atoms with Crippen molar-refractivity contribution in [1.82, 2.24) is 15.5 Å². The van der Waals surface area contributed by atoms with E-state index in [9.17, 15) is 9.59 Å². The van der Waals surface area contributed by atoms with Crippen LogP contribution in [-0.2, 0) is 4.79 Å². The number of hydrogen-bond donors (Lipinski definition) is 2. The number of imide groups is 1. The molecule has 0 aromatic heterocycles. The van der Waals surface area contributed by atoms with Crippen LogP contribution >= 0.6 is 0 Å². The Bertz CT molecular complexity index is 538. The maximum absolute atomic E-state index is 12.7. The van der Waals surface area contributed by atoms with Crippen LogP contribution in [0.25, 0.3) is 0 Å². The Morgan fingerprint density at radius 2 is 1.86 bits per heavy atom. The molecule has 2 N–H and O–H groups in total. The highest BCUT2D eigenvalue weighted by molar-refractivity contribution is 6.07. The minimum atomic E-state index is -0.668. The molecule has 2 saturated heterocycles. The van der Waals surface area contributed by atoms with Gasteiger partial charge in [-0.2, -0.15) is 0 Å². The molecule has 2 aliphatic heterocycles. The Morgan fingerprint density at radius 3 is 2.52 bits per heavy atom. The van der Waals surface area contributed by atoms with Crippen LogP contribution in [0.3, 0.4) is 0 Å². The van der Waals surface area contributed by atoms with Crippen molar-refractivity contribution in [2.45, 2.75) is 31.2 Å². The van der Waals surface area contributed by atoms with E-state index in [-0.39, 0.29) is 17.9 Å². The average molecular weight is 287 g/mol. The first-order valence-corrected chi connectivity index (χ1v) is 7.52. The van der Waals surface area contributed by atoms with Gasteiger partial charge >= 0.3 is 6.03 Å². The summed E-state index contributed by atoms with van der Waals surface area (Å²) in [5.41, 5.74) is 0.475. The minimum absolute atomic E-state index is 0.0585.